The van der Waals surface area contributed by atoms with Crippen molar-refractivity contribution in [3.8, 4) is 0 Å². The van der Waals surface area contributed by atoms with E-state index in [2.05, 4.69) is 22.3 Å². The van der Waals surface area contributed by atoms with Gasteiger partial charge < -0.3 is 10.6 Å². The molecule has 1 amide bonds. The maximum atomic E-state index is 13.1. The van der Waals surface area contributed by atoms with Crippen molar-refractivity contribution >= 4 is 29.0 Å². The molecular weight excluding hydrogens is 350 g/mol. The van der Waals surface area contributed by atoms with Crippen LogP contribution in [0.5, 0.6) is 0 Å². The van der Waals surface area contributed by atoms with Gasteiger partial charge in [0.1, 0.15) is 17.1 Å². The molecule has 0 fully saturated rings. The Bertz CT molecular complexity index is 843. The molecule has 130 valence electrons. The number of nitrogens with one attached hydrogen (secondary N) is 2. The highest BCUT2D eigenvalue weighted by Gasteiger charge is 2.26. The molecule has 2 heterocycles. The first-order valence-electron chi connectivity index (χ1n) is 7.52. The van der Waals surface area contributed by atoms with E-state index in [-0.39, 0.29) is 22.8 Å². The molecule has 25 heavy (non-hydrogen) atoms. The summed E-state index contributed by atoms with van der Waals surface area (Å²) >= 11 is 5.83. The maximum absolute atomic E-state index is 13.1. The van der Waals surface area contributed by atoms with E-state index in [4.69, 9.17) is 11.6 Å². The molecule has 0 unspecified atom stereocenters. The number of anilines is 1. The van der Waals surface area contributed by atoms with Crippen molar-refractivity contribution in [3.05, 3.63) is 65.0 Å². The van der Waals surface area contributed by atoms with E-state index in [1.165, 1.54) is 12.3 Å². The number of nitrogens with zero attached hydrogens (tertiary/aromatic N) is 2. The second kappa shape index (κ2) is 7.06. The van der Waals surface area contributed by atoms with Crippen LogP contribution < -0.4 is 10.6 Å². The lowest BCUT2D eigenvalue weighted by Gasteiger charge is -2.19. The van der Waals surface area contributed by atoms with Crippen LogP contribution in [0.4, 0.5) is 14.6 Å². The fraction of sp³-hybridized carbons (Fsp3) is 0.176. The van der Waals surface area contributed by atoms with Gasteiger partial charge in [-0.15, -0.1) is 0 Å². The van der Waals surface area contributed by atoms with Crippen LogP contribution in [-0.2, 0) is 6.42 Å². The molecule has 0 aliphatic carbocycles. The summed E-state index contributed by atoms with van der Waals surface area (Å²) in [6, 6.07) is 7.31. The Labute approximate surface area is 148 Å². The summed E-state index contributed by atoms with van der Waals surface area (Å²) in [4.78, 5) is 12.3. The SMILES string of the molecule is C=C1C=C(C(F)F)n2ncc(C(=O)NCCc3ccc(Cl)cc3)c2N1. The van der Waals surface area contributed by atoms with Gasteiger partial charge in [0.2, 0.25) is 0 Å². The van der Waals surface area contributed by atoms with Crippen LogP contribution in [0.2, 0.25) is 5.02 Å². The first-order valence-corrected chi connectivity index (χ1v) is 7.90. The number of hydrogen-bond acceptors (Lipinski definition) is 3. The Morgan fingerprint density at radius 2 is 2.08 bits per heavy atom. The average Bonchev–Trinajstić information content (AvgIpc) is 2.99. The van der Waals surface area contributed by atoms with Gasteiger partial charge in [-0.2, -0.15) is 5.10 Å². The van der Waals surface area contributed by atoms with Gasteiger partial charge in [-0.25, -0.2) is 13.5 Å². The van der Waals surface area contributed by atoms with Gasteiger partial charge in [-0.05, 0) is 30.2 Å². The van der Waals surface area contributed by atoms with Gasteiger partial charge in [0, 0.05) is 17.3 Å². The number of halogens is 3. The molecule has 2 N–H and O–H groups in total. The quantitative estimate of drug-likeness (QED) is 0.853. The molecule has 0 saturated carbocycles. The van der Waals surface area contributed by atoms with E-state index < -0.39 is 12.3 Å². The highest BCUT2D eigenvalue weighted by molar-refractivity contribution is 6.30. The summed E-state index contributed by atoms with van der Waals surface area (Å²) in [5, 5.41) is 10.1. The van der Waals surface area contributed by atoms with Crippen molar-refractivity contribution < 1.29 is 13.6 Å². The van der Waals surface area contributed by atoms with Gasteiger partial charge in [0.15, 0.2) is 0 Å². The van der Waals surface area contributed by atoms with E-state index in [1.807, 2.05) is 12.1 Å². The second-order valence-corrected chi connectivity index (χ2v) is 5.91. The zero-order chi connectivity index (χ0) is 18.0. The molecule has 1 aromatic carbocycles. The summed E-state index contributed by atoms with van der Waals surface area (Å²) in [6.07, 6.45) is 0.356. The zero-order valence-electron chi connectivity index (χ0n) is 13.1. The molecule has 0 saturated heterocycles. The first-order chi connectivity index (χ1) is 12.0. The molecule has 0 bridgehead atoms. The number of amides is 1. The lowest BCUT2D eigenvalue weighted by Crippen LogP contribution is -2.27. The van der Waals surface area contributed by atoms with Crippen molar-refractivity contribution in [1.82, 2.24) is 15.1 Å². The predicted octanol–water partition coefficient (Wildman–Crippen LogP) is 3.55. The first kappa shape index (κ1) is 17.2. The molecule has 8 heteroatoms. The molecular formula is C17H15ClF2N4O. The third-order valence-electron chi connectivity index (χ3n) is 3.70. The van der Waals surface area contributed by atoms with Crippen molar-refractivity contribution in [2.75, 3.05) is 11.9 Å². The third-order valence-corrected chi connectivity index (χ3v) is 3.95. The summed E-state index contributed by atoms with van der Waals surface area (Å²) in [5.74, 6) is -0.210. The number of benzene rings is 1. The summed E-state index contributed by atoms with van der Waals surface area (Å²) in [6.45, 7) is 4.02. The largest absolute Gasteiger partial charge is 0.352 e. The van der Waals surface area contributed by atoms with E-state index in [0.717, 1.165) is 10.2 Å². The molecule has 2 aromatic rings. The Kier molecular flexibility index (Phi) is 4.85. The lowest BCUT2D eigenvalue weighted by atomic mass is 10.1. The minimum Gasteiger partial charge on any atom is -0.352 e. The minimum atomic E-state index is -2.72. The van der Waals surface area contributed by atoms with E-state index in [9.17, 15) is 13.6 Å². The number of rotatable bonds is 5. The van der Waals surface area contributed by atoms with Crippen molar-refractivity contribution in [1.29, 1.82) is 0 Å². The smallest absolute Gasteiger partial charge is 0.280 e. The Hall–Kier alpha value is -2.67. The van der Waals surface area contributed by atoms with Gasteiger partial charge in [-0.3, -0.25) is 4.79 Å². The second-order valence-electron chi connectivity index (χ2n) is 5.47. The summed E-state index contributed by atoms with van der Waals surface area (Å²) in [5.41, 5.74) is 1.16. The maximum Gasteiger partial charge on any atom is 0.280 e. The van der Waals surface area contributed by atoms with Crippen LogP contribution in [0.25, 0.3) is 5.70 Å². The molecule has 1 aliphatic rings. The normalized spacial score (nSPS) is 13.3. The van der Waals surface area contributed by atoms with Crippen LogP contribution >= 0.6 is 11.6 Å². The number of fused-ring (bicyclic) bond motifs is 1. The third kappa shape index (κ3) is 3.71. The average molecular weight is 365 g/mol. The Morgan fingerprint density at radius 3 is 2.76 bits per heavy atom. The van der Waals surface area contributed by atoms with Gasteiger partial charge in [-0.1, -0.05) is 30.3 Å². The number of alkyl halides is 2. The Balaban J connectivity index is 1.69. The van der Waals surface area contributed by atoms with Crippen LogP contribution in [0.1, 0.15) is 15.9 Å². The molecule has 5 nitrogen and oxygen atoms in total. The summed E-state index contributed by atoms with van der Waals surface area (Å²) < 4.78 is 27.2. The van der Waals surface area contributed by atoms with Crippen LogP contribution in [-0.4, -0.2) is 28.7 Å². The molecule has 0 radical (unpaired) electrons. The lowest BCUT2D eigenvalue weighted by molar-refractivity contribution is 0.0955. The highest BCUT2D eigenvalue weighted by atomic mass is 35.5. The van der Waals surface area contributed by atoms with Crippen molar-refractivity contribution in [2.45, 2.75) is 12.8 Å². The fourth-order valence-electron chi connectivity index (χ4n) is 2.48. The number of allylic oxidation sites excluding steroid dienone is 2. The number of carbonyl (C=O) groups excluding carboxylic acids is 1. The Morgan fingerprint density at radius 1 is 1.36 bits per heavy atom. The van der Waals surface area contributed by atoms with Gasteiger partial charge >= 0.3 is 0 Å². The van der Waals surface area contributed by atoms with Crippen molar-refractivity contribution in [2.24, 2.45) is 0 Å². The van der Waals surface area contributed by atoms with E-state index >= 15 is 0 Å². The van der Waals surface area contributed by atoms with Gasteiger partial charge in [0.25, 0.3) is 12.3 Å². The zero-order valence-corrected chi connectivity index (χ0v) is 13.9. The van der Waals surface area contributed by atoms with E-state index in [1.54, 1.807) is 12.1 Å². The number of carbonyl (C=O) groups is 1. The molecule has 1 aliphatic heterocycles. The van der Waals surface area contributed by atoms with Crippen LogP contribution in [0.15, 0.2) is 48.8 Å². The minimum absolute atomic E-state index is 0.184. The topological polar surface area (TPSA) is 59.0 Å². The van der Waals surface area contributed by atoms with Crippen LogP contribution in [0, 0.1) is 0 Å². The number of aromatic nitrogens is 2. The fourth-order valence-corrected chi connectivity index (χ4v) is 2.61. The number of hydrogen-bond donors (Lipinski definition) is 2. The standard InChI is InChI=1S/C17H15ClF2N4O/c1-10-8-14(15(19)20)24-16(23-10)13(9-22-24)17(25)21-7-6-11-2-4-12(18)5-3-11/h2-5,8-9,15,23H,1,6-7H2,(H,21,25). The monoisotopic (exact) mass is 364 g/mol. The summed E-state index contributed by atoms with van der Waals surface area (Å²) in [7, 11) is 0. The van der Waals surface area contributed by atoms with Crippen molar-refractivity contribution in [3.63, 3.8) is 0 Å². The predicted molar refractivity (Wildman–Crippen MR) is 92.8 cm³/mol. The van der Waals surface area contributed by atoms with E-state index in [0.29, 0.717) is 18.0 Å². The van der Waals surface area contributed by atoms with Crippen LogP contribution in [0.3, 0.4) is 0 Å². The molecule has 0 spiro atoms. The molecule has 0 atom stereocenters. The molecule has 3 rings (SSSR count). The molecule has 1 aromatic heterocycles. The van der Waals surface area contributed by atoms with Gasteiger partial charge in [0.05, 0.1) is 6.20 Å². The highest BCUT2D eigenvalue weighted by Crippen LogP contribution is 2.29.